The summed E-state index contributed by atoms with van der Waals surface area (Å²) in [5.74, 6) is 1.51. The van der Waals surface area contributed by atoms with Crippen LogP contribution in [-0.2, 0) is 16.4 Å². The lowest BCUT2D eigenvalue weighted by Gasteiger charge is -2.20. The van der Waals surface area contributed by atoms with Crippen molar-refractivity contribution in [1.82, 2.24) is 14.9 Å². The third-order valence-electron chi connectivity index (χ3n) is 6.10. The molecule has 182 valence electrons. The normalized spacial score (nSPS) is 13.5. The summed E-state index contributed by atoms with van der Waals surface area (Å²) in [7, 11) is -3.31. The number of fused-ring (bicyclic) bond motifs is 2. The van der Waals surface area contributed by atoms with Gasteiger partial charge in [-0.1, -0.05) is 19.1 Å². The van der Waals surface area contributed by atoms with E-state index in [0.29, 0.717) is 25.3 Å². The molecule has 0 fully saturated rings. The molecular formula is C26H26ClN3O4S. The van der Waals surface area contributed by atoms with Crippen LogP contribution >= 0.6 is 12.4 Å². The lowest BCUT2D eigenvalue weighted by atomic mass is 10.0. The molecule has 0 aliphatic carbocycles. The Morgan fingerprint density at radius 2 is 1.77 bits per heavy atom. The van der Waals surface area contributed by atoms with E-state index in [4.69, 9.17) is 4.74 Å². The van der Waals surface area contributed by atoms with Gasteiger partial charge < -0.3 is 14.6 Å². The Morgan fingerprint density at radius 1 is 1.06 bits per heavy atom. The smallest absolute Gasteiger partial charge is 0.254 e. The van der Waals surface area contributed by atoms with Crippen LogP contribution in [0.25, 0.3) is 22.2 Å². The van der Waals surface area contributed by atoms with Crippen molar-refractivity contribution in [3.8, 4) is 16.9 Å². The first kappa shape index (κ1) is 24.8. The molecule has 0 spiro atoms. The van der Waals surface area contributed by atoms with Crippen molar-refractivity contribution in [3.63, 3.8) is 0 Å². The van der Waals surface area contributed by atoms with Gasteiger partial charge in [0.15, 0.2) is 9.84 Å². The van der Waals surface area contributed by atoms with Gasteiger partial charge in [-0.2, -0.15) is 0 Å². The van der Waals surface area contributed by atoms with Gasteiger partial charge in [0.05, 0.1) is 28.2 Å². The van der Waals surface area contributed by atoms with Gasteiger partial charge in [-0.05, 0) is 66.6 Å². The molecule has 1 aliphatic heterocycles. The molecule has 0 unspecified atom stereocenters. The topological polar surface area (TPSA) is 92.4 Å². The fraction of sp³-hybridized carbons (Fsp3) is 0.231. The summed E-state index contributed by atoms with van der Waals surface area (Å²) >= 11 is 0. The van der Waals surface area contributed by atoms with E-state index in [1.54, 1.807) is 24.0 Å². The van der Waals surface area contributed by atoms with Gasteiger partial charge in [0.1, 0.15) is 18.2 Å². The van der Waals surface area contributed by atoms with Gasteiger partial charge >= 0.3 is 0 Å². The maximum Gasteiger partial charge on any atom is 0.254 e. The van der Waals surface area contributed by atoms with E-state index in [1.807, 2.05) is 31.2 Å². The van der Waals surface area contributed by atoms with Crippen LogP contribution in [0.1, 0.15) is 28.7 Å². The van der Waals surface area contributed by atoms with E-state index in [9.17, 15) is 13.2 Å². The van der Waals surface area contributed by atoms with Crippen LogP contribution in [0.4, 0.5) is 0 Å². The van der Waals surface area contributed by atoms with Crippen molar-refractivity contribution in [1.29, 1.82) is 0 Å². The third-order valence-corrected chi connectivity index (χ3v) is 7.85. The van der Waals surface area contributed by atoms with Crippen LogP contribution in [0.2, 0.25) is 0 Å². The van der Waals surface area contributed by atoms with Gasteiger partial charge in [0.25, 0.3) is 5.91 Å². The molecule has 9 heteroatoms. The average molecular weight is 512 g/mol. The first-order valence-electron chi connectivity index (χ1n) is 11.2. The number of aromatic nitrogens is 2. The lowest BCUT2D eigenvalue weighted by Crippen LogP contribution is -2.32. The van der Waals surface area contributed by atoms with Crippen molar-refractivity contribution in [2.45, 2.75) is 25.3 Å². The molecule has 4 aromatic rings. The molecule has 7 nitrogen and oxygen atoms in total. The molecule has 0 saturated carbocycles. The van der Waals surface area contributed by atoms with E-state index in [-0.39, 0.29) is 29.0 Å². The Balaban J connectivity index is 0.00000289. The molecule has 0 radical (unpaired) electrons. The first-order chi connectivity index (χ1) is 16.3. The predicted octanol–water partition coefficient (Wildman–Crippen LogP) is 4.79. The van der Waals surface area contributed by atoms with Crippen molar-refractivity contribution in [3.05, 3.63) is 77.6 Å². The standard InChI is InChI=1S/C26H25N3O4S.ClH/c1-3-34(31,32)22-8-4-18(5-9-22)26(30)29-12-13-33-25-11-7-19(14-21(25)16-29)20-6-10-23-24(15-20)28-17(2)27-23;/h4-11,14-15H,3,12-13,16H2,1-2H3,(H,27,28);1H. The zero-order valence-corrected chi connectivity index (χ0v) is 21.1. The number of benzene rings is 3. The van der Waals surface area contributed by atoms with Crippen LogP contribution in [0, 0.1) is 6.92 Å². The van der Waals surface area contributed by atoms with Crippen LogP contribution in [0.5, 0.6) is 5.75 Å². The number of imidazole rings is 1. The molecule has 1 N–H and O–H groups in total. The number of amides is 1. The van der Waals surface area contributed by atoms with Crippen molar-refractivity contribution in [2.75, 3.05) is 18.9 Å². The molecule has 1 aliphatic rings. The number of halogens is 1. The molecule has 5 rings (SSSR count). The number of ether oxygens (including phenoxy) is 1. The molecule has 2 heterocycles. The highest BCUT2D eigenvalue weighted by Crippen LogP contribution is 2.31. The SMILES string of the molecule is CCS(=O)(=O)c1ccc(C(=O)N2CCOc3ccc(-c4ccc5nc(C)[nH]c5c4)cc3C2)cc1.Cl. The Bertz CT molecular complexity index is 1500. The van der Waals surface area contributed by atoms with Crippen molar-refractivity contribution >= 4 is 39.2 Å². The fourth-order valence-corrected chi connectivity index (χ4v) is 5.10. The van der Waals surface area contributed by atoms with Crippen molar-refractivity contribution in [2.24, 2.45) is 0 Å². The third kappa shape index (κ3) is 4.90. The summed E-state index contributed by atoms with van der Waals surface area (Å²) in [6, 6.07) is 18.3. The molecule has 0 saturated heterocycles. The summed E-state index contributed by atoms with van der Waals surface area (Å²) in [6.45, 7) is 4.77. The molecular weight excluding hydrogens is 486 g/mol. The minimum Gasteiger partial charge on any atom is -0.491 e. The van der Waals surface area contributed by atoms with Crippen LogP contribution in [-0.4, -0.2) is 48.1 Å². The molecule has 1 aromatic heterocycles. The highest BCUT2D eigenvalue weighted by atomic mass is 35.5. The number of aryl methyl sites for hydroxylation is 1. The summed E-state index contributed by atoms with van der Waals surface area (Å²) in [4.78, 5) is 22.9. The number of sulfone groups is 1. The number of hydrogen-bond acceptors (Lipinski definition) is 5. The van der Waals surface area contributed by atoms with Crippen LogP contribution in [0.3, 0.4) is 0 Å². The Labute approximate surface area is 210 Å². The summed E-state index contributed by atoms with van der Waals surface area (Å²) in [5.41, 5.74) is 5.36. The summed E-state index contributed by atoms with van der Waals surface area (Å²) in [5, 5.41) is 0. The quantitative estimate of drug-likeness (QED) is 0.425. The monoisotopic (exact) mass is 511 g/mol. The average Bonchev–Trinajstić information content (AvgIpc) is 3.09. The Hall–Kier alpha value is -3.36. The van der Waals surface area contributed by atoms with Gasteiger partial charge in [-0.3, -0.25) is 4.79 Å². The minimum atomic E-state index is -3.31. The van der Waals surface area contributed by atoms with Gasteiger partial charge in [0, 0.05) is 17.7 Å². The molecule has 3 aromatic carbocycles. The number of nitrogens with zero attached hydrogens (tertiary/aromatic N) is 2. The summed E-state index contributed by atoms with van der Waals surface area (Å²) < 4.78 is 30.1. The number of hydrogen-bond donors (Lipinski definition) is 1. The van der Waals surface area contributed by atoms with Crippen LogP contribution < -0.4 is 4.74 Å². The fourth-order valence-electron chi connectivity index (χ4n) is 4.22. The Kier molecular flexibility index (Phi) is 6.87. The maximum absolute atomic E-state index is 13.2. The minimum absolute atomic E-state index is 0. The maximum atomic E-state index is 13.2. The molecule has 0 bridgehead atoms. The number of carbonyl (C=O) groups is 1. The van der Waals surface area contributed by atoms with Crippen LogP contribution in [0.15, 0.2) is 65.6 Å². The van der Waals surface area contributed by atoms with E-state index >= 15 is 0 Å². The molecule has 0 atom stereocenters. The van der Waals surface area contributed by atoms with E-state index in [1.165, 1.54) is 12.1 Å². The van der Waals surface area contributed by atoms with Gasteiger partial charge in [0.2, 0.25) is 0 Å². The molecule has 1 amide bonds. The number of H-pyrrole nitrogens is 1. The number of carbonyl (C=O) groups excluding carboxylic acids is 1. The lowest BCUT2D eigenvalue weighted by molar-refractivity contribution is 0.0733. The van der Waals surface area contributed by atoms with Crippen molar-refractivity contribution < 1.29 is 17.9 Å². The largest absolute Gasteiger partial charge is 0.491 e. The van der Waals surface area contributed by atoms with E-state index in [2.05, 4.69) is 22.1 Å². The first-order valence-corrected chi connectivity index (χ1v) is 12.8. The number of aromatic amines is 1. The van der Waals surface area contributed by atoms with E-state index in [0.717, 1.165) is 39.3 Å². The zero-order chi connectivity index (χ0) is 23.9. The highest BCUT2D eigenvalue weighted by Gasteiger charge is 2.22. The predicted molar refractivity (Wildman–Crippen MR) is 138 cm³/mol. The van der Waals surface area contributed by atoms with E-state index < -0.39 is 9.84 Å². The number of rotatable bonds is 4. The zero-order valence-electron chi connectivity index (χ0n) is 19.4. The second-order valence-electron chi connectivity index (χ2n) is 8.38. The summed E-state index contributed by atoms with van der Waals surface area (Å²) in [6.07, 6.45) is 0. The second kappa shape index (κ2) is 9.71. The second-order valence-corrected chi connectivity index (χ2v) is 10.7. The van der Waals surface area contributed by atoms with Gasteiger partial charge in [-0.15, -0.1) is 12.4 Å². The van der Waals surface area contributed by atoms with Gasteiger partial charge in [-0.25, -0.2) is 13.4 Å². The Morgan fingerprint density at radius 3 is 2.51 bits per heavy atom. The number of nitrogens with one attached hydrogen (secondary N) is 1. The highest BCUT2D eigenvalue weighted by molar-refractivity contribution is 7.91. The molecule has 35 heavy (non-hydrogen) atoms.